The van der Waals surface area contributed by atoms with E-state index in [-0.39, 0.29) is 5.91 Å². The van der Waals surface area contributed by atoms with Gasteiger partial charge in [0.2, 0.25) is 0 Å². The van der Waals surface area contributed by atoms with Crippen molar-refractivity contribution >= 4 is 11.6 Å². The predicted molar refractivity (Wildman–Crippen MR) is 71.9 cm³/mol. The summed E-state index contributed by atoms with van der Waals surface area (Å²) in [4.78, 5) is 14.2. The maximum absolute atomic E-state index is 12.3. The zero-order chi connectivity index (χ0) is 12.8. The van der Waals surface area contributed by atoms with Crippen molar-refractivity contribution in [2.45, 2.75) is 27.2 Å². The molecule has 1 aromatic carbocycles. The van der Waals surface area contributed by atoms with Gasteiger partial charge in [-0.05, 0) is 25.0 Å². The highest BCUT2D eigenvalue weighted by atomic mass is 16.2. The van der Waals surface area contributed by atoms with Crippen molar-refractivity contribution in [1.29, 1.82) is 0 Å². The summed E-state index contributed by atoms with van der Waals surface area (Å²) >= 11 is 0. The number of rotatable bonds is 5. The van der Waals surface area contributed by atoms with E-state index in [2.05, 4.69) is 13.8 Å². The van der Waals surface area contributed by atoms with E-state index in [0.29, 0.717) is 17.2 Å². The second-order valence-electron chi connectivity index (χ2n) is 4.44. The summed E-state index contributed by atoms with van der Waals surface area (Å²) in [5.41, 5.74) is 6.99. The molecule has 2 N–H and O–H groups in total. The first kappa shape index (κ1) is 13.6. The molecular formula is C14H22N2O. The molecule has 0 fully saturated rings. The highest BCUT2D eigenvalue weighted by molar-refractivity contribution is 5.99. The van der Waals surface area contributed by atoms with Gasteiger partial charge >= 0.3 is 0 Å². The molecule has 0 heterocycles. The van der Waals surface area contributed by atoms with Crippen molar-refractivity contribution in [3.8, 4) is 0 Å². The van der Waals surface area contributed by atoms with Gasteiger partial charge < -0.3 is 10.6 Å². The number of nitrogen functional groups attached to an aromatic ring is 1. The SMILES string of the molecule is CCC(C)CN(CC)C(=O)c1ccccc1N. The van der Waals surface area contributed by atoms with Crippen LogP contribution in [0.25, 0.3) is 0 Å². The molecule has 0 aliphatic heterocycles. The smallest absolute Gasteiger partial charge is 0.255 e. The van der Waals surface area contributed by atoms with Gasteiger partial charge in [0.05, 0.1) is 5.56 Å². The Morgan fingerprint density at radius 1 is 1.35 bits per heavy atom. The standard InChI is InChI=1S/C14H22N2O/c1-4-11(3)10-16(5-2)14(17)12-8-6-7-9-13(12)15/h6-9,11H,4-5,10,15H2,1-3H3. The quantitative estimate of drug-likeness (QED) is 0.796. The van der Waals surface area contributed by atoms with Gasteiger partial charge in [0.15, 0.2) is 0 Å². The lowest BCUT2D eigenvalue weighted by Gasteiger charge is -2.24. The van der Waals surface area contributed by atoms with Crippen LogP contribution >= 0.6 is 0 Å². The summed E-state index contributed by atoms with van der Waals surface area (Å²) in [6, 6.07) is 7.25. The number of carbonyl (C=O) groups excluding carboxylic acids is 1. The fraction of sp³-hybridized carbons (Fsp3) is 0.500. The molecule has 0 aliphatic rings. The van der Waals surface area contributed by atoms with Crippen LogP contribution < -0.4 is 5.73 Å². The lowest BCUT2D eigenvalue weighted by atomic mass is 10.1. The highest BCUT2D eigenvalue weighted by Crippen LogP contribution is 2.15. The van der Waals surface area contributed by atoms with Crippen LogP contribution in [0.3, 0.4) is 0 Å². The van der Waals surface area contributed by atoms with E-state index < -0.39 is 0 Å². The zero-order valence-electron chi connectivity index (χ0n) is 10.9. The molecule has 1 rings (SSSR count). The largest absolute Gasteiger partial charge is 0.398 e. The average Bonchev–Trinajstić information content (AvgIpc) is 2.35. The summed E-state index contributed by atoms with van der Waals surface area (Å²) in [5.74, 6) is 0.551. The van der Waals surface area contributed by atoms with E-state index in [9.17, 15) is 4.79 Å². The lowest BCUT2D eigenvalue weighted by molar-refractivity contribution is 0.0742. The number of anilines is 1. The lowest BCUT2D eigenvalue weighted by Crippen LogP contribution is -2.34. The maximum atomic E-state index is 12.3. The van der Waals surface area contributed by atoms with Gasteiger partial charge in [-0.2, -0.15) is 0 Å². The van der Waals surface area contributed by atoms with E-state index in [1.165, 1.54) is 0 Å². The Kier molecular flexibility index (Phi) is 5.01. The first-order chi connectivity index (χ1) is 8.10. The Labute approximate surface area is 104 Å². The molecule has 0 aliphatic carbocycles. The molecule has 0 spiro atoms. The number of nitrogens with zero attached hydrogens (tertiary/aromatic N) is 1. The third-order valence-electron chi connectivity index (χ3n) is 3.09. The van der Waals surface area contributed by atoms with E-state index in [4.69, 9.17) is 5.73 Å². The van der Waals surface area contributed by atoms with Crippen molar-refractivity contribution in [2.75, 3.05) is 18.8 Å². The molecule has 17 heavy (non-hydrogen) atoms. The van der Waals surface area contributed by atoms with Gasteiger partial charge in [0.1, 0.15) is 0 Å². The van der Waals surface area contributed by atoms with Crippen LogP contribution in [-0.2, 0) is 0 Å². The normalized spacial score (nSPS) is 12.2. The zero-order valence-corrected chi connectivity index (χ0v) is 10.9. The molecule has 1 atom stereocenters. The van der Waals surface area contributed by atoms with Gasteiger partial charge in [-0.25, -0.2) is 0 Å². The molecular weight excluding hydrogens is 212 g/mol. The second kappa shape index (κ2) is 6.28. The Balaban J connectivity index is 2.83. The van der Waals surface area contributed by atoms with Crippen LogP contribution in [0.4, 0.5) is 5.69 Å². The first-order valence-electron chi connectivity index (χ1n) is 6.23. The minimum atomic E-state index is 0.0332. The molecule has 0 bridgehead atoms. The molecule has 0 saturated heterocycles. The maximum Gasteiger partial charge on any atom is 0.255 e. The summed E-state index contributed by atoms with van der Waals surface area (Å²) < 4.78 is 0. The van der Waals surface area contributed by atoms with E-state index in [1.54, 1.807) is 12.1 Å². The number of benzene rings is 1. The molecule has 3 nitrogen and oxygen atoms in total. The highest BCUT2D eigenvalue weighted by Gasteiger charge is 2.17. The second-order valence-corrected chi connectivity index (χ2v) is 4.44. The third-order valence-corrected chi connectivity index (χ3v) is 3.09. The van der Waals surface area contributed by atoms with E-state index in [0.717, 1.165) is 19.5 Å². The van der Waals surface area contributed by atoms with Crippen molar-refractivity contribution < 1.29 is 4.79 Å². The Hall–Kier alpha value is -1.51. The number of amides is 1. The monoisotopic (exact) mass is 234 g/mol. The van der Waals surface area contributed by atoms with Crippen molar-refractivity contribution in [3.63, 3.8) is 0 Å². The van der Waals surface area contributed by atoms with Gasteiger partial charge in [-0.1, -0.05) is 32.4 Å². The topological polar surface area (TPSA) is 46.3 Å². The number of para-hydroxylation sites is 1. The molecule has 0 aromatic heterocycles. The fourth-order valence-electron chi connectivity index (χ4n) is 1.72. The van der Waals surface area contributed by atoms with E-state index in [1.807, 2.05) is 24.0 Å². The van der Waals surface area contributed by atoms with Crippen molar-refractivity contribution in [2.24, 2.45) is 5.92 Å². The van der Waals surface area contributed by atoms with E-state index >= 15 is 0 Å². The molecule has 0 radical (unpaired) electrons. The summed E-state index contributed by atoms with van der Waals surface area (Å²) in [6.07, 6.45) is 1.08. The Bertz CT molecular complexity index is 376. The molecule has 1 amide bonds. The van der Waals surface area contributed by atoms with Gasteiger partial charge in [-0.3, -0.25) is 4.79 Å². The molecule has 0 saturated carbocycles. The molecule has 94 valence electrons. The third kappa shape index (κ3) is 3.48. The minimum absolute atomic E-state index is 0.0332. The molecule has 1 unspecified atom stereocenters. The fourth-order valence-corrected chi connectivity index (χ4v) is 1.72. The predicted octanol–water partition coefficient (Wildman–Crippen LogP) is 2.78. The molecule has 3 heteroatoms. The average molecular weight is 234 g/mol. The Morgan fingerprint density at radius 3 is 2.53 bits per heavy atom. The summed E-state index contributed by atoms with van der Waals surface area (Å²) in [6.45, 7) is 7.81. The van der Waals surface area contributed by atoms with Crippen molar-refractivity contribution in [3.05, 3.63) is 29.8 Å². The number of hydrogen-bond acceptors (Lipinski definition) is 2. The van der Waals surface area contributed by atoms with Crippen LogP contribution in [0.2, 0.25) is 0 Å². The number of hydrogen-bond donors (Lipinski definition) is 1. The number of nitrogens with two attached hydrogens (primary N) is 1. The van der Waals surface area contributed by atoms with Gasteiger partial charge in [-0.15, -0.1) is 0 Å². The van der Waals surface area contributed by atoms with Gasteiger partial charge in [0, 0.05) is 18.8 Å². The molecule has 1 aromatic rings. The van der Waals surface area contributed by atoms with Crippen LogP contribution in [0.1, 0.15) is 37.6 Å². The summed E-state index contributed by atoms with van der Waals surface area (Å²) in [5, 5.41) is 0. The van der Waals surface area contributed by atoms with Crippen LogP contribution in [-0.4, -0.2) is 23.9 Å². The van der Waals surface area contributed by atoms with Crippen LogP contribution in [0.5, 0.6) is 0 Å². The Morgan fingerprint density at radius 2 is 2.00 bits per heavy atom. The van der Waals surface area contributed by atoms with Crippen molar-refractivity contribution in [1.82, 2.24) is 4.90 Å². The summed E-state index contributed by atoms with van der Waals surface area (Å²) in [7, 11) is 0. The first-order valence-corrected chi connectivity index (χ1v) is 6.23. The minimum Gasteiger partial charge on any atom is -0.398 e. The van der Waals surface area contributed by atoms with Crippen LogP contribution in [0, 0.1) is 5.92 Å². The van der Waals surface area contributed by atoms with Crippen LogP contribution in [0.15, 0.2) is 24.3 Å². The number of carbonyl (C=O) groups is 1. The van der Waals surface area contributed by atoms with Gasteiger partial charge in [0.25, 0.3) is 5.91 Å².